The van der Waals surface area contributed by atoms with Crippen LogP contribution in [-0.4, -0.2) is 9.97 Å². The molecular formula is C34H20N2. The molecule has 2 heteroatoms. The molecule has 166 valence electrons. The Labute approximate surface area is 207 Å². The quantitative estimate of drug-likeness (QED) is 0.243. The van der Waals surface area contributed by atoms with Gasteiger partial charge in [0.25, 0.3) is 0 Å². The number of aromatic nitrogens is 2. The minimum atomic E-state index is 0.946. The number of nitrogens with zero attached hydrogens (tertiary/aromatic N) is 2. The highest BCUT2D eigenvalue weighted by atomic mass is 14.7. The molecule has 0 aliphatic heterocycles. The lowest BCUT2D eigenvalue weighted by molar-refractivity contribution is 1.37. The Kier molecular flexibility index (Phi) is 3.97. The smallest absolute Gasteiger partial charge is 0.0970 e. The molecule has 0 bridgehead atoms. The number of pyridine rings is 2. The zero-order valence-corrected chi connectivity index (χ0v) is 19.4. The standard InChI is InChI=1S/C34H20N2/c1-4-23-12-13-25-14-16-27(28-17-15-24(5-1)31(23)32(25)28)21-8-10-22(11-9-21)30-20-26-6-2-18-35-33(26)34-29(30)7-3-19-36-34/h1-20H. The third-order valence-corrected chi connectivity index (χ3v) is 7.50. The Balaban J connectivity index is 1.32. The first kappa shape index (κ1) is 19.5. The number of hydrogen-bond donors (Lipinski definition) is 0. The van der Waals surface area contributed by atoms with E-state index in [1.165, 1.54) is 54.6 Å². The molecule has 2 nitrogen and oxygen atoms in total. The van der Waals surface area contributed by atoms with Crippen LogP contribution in [0.4, 0.5) is 0 Å². The maximum absolute atomic E-state index is 4.67. The molecule has 6 aromatic carbocycles. The van der Waals surface area contributed by atoms with Crippen LogP contribution in [0.2, 0.25) is 0 Å². The maximum atomic E-state index is 4.67. The fourth-order valence-electron chi connectivity index (χ4n) is 5.83. The van der Waals surface area contributed by atoms with Crippen LogP contribution < -0.4 is 0 Å². The van der Waals surface area contributed by atoms with Gasteiger partial charge in [0, 0.05) is 23.2 Å². The first-order valence-corrected chi connectivity index (χ1v) is 12.2. The predicted octanol–water partition coefficient (Wildman–Crippen LogP) is 9.01. The summed E-state index contributed by atoms with van der Waals surface area (Å²) in [5, 5.41) is 10.1. The van der Waals surface area contributed by atoms with Crippen LogP contribution in [-0.2, 0) is 0 Å². The number of hydrogen-bond acceptors (Lipinski definition) is 2. The van der Waals surface area contributed by atoms with Gasteiger partial charge in [-0.15, -0.1) is 0 Å². The minimum absolute atomic E-state index is 0.946. The normalized spacial score (nSPS) is 11.9. The molecule has 0 aliphatic rings. The topological polar surface area (TPSA) is 25.8 Å². The van der Waals surface area contributed by atoms with E-state index in [0.717, 1.165) is 21.8 Å². The van der Waals surface area contributed by atoms with Crippen LogP contribution in [0.1, 0.15) is 0 Å². The molecule has 0 radical (unpaired) electrons. The molecule has 0 spiro atoms. The molecule has 2 heterocycles. The van der Waals surface area contributed by atoms with Crippen molar-refractivity contribution in [2.75, 3.05) is 0 Å². The van der Waals surface area contributed by atoms with Crippen molar-refractivity contribution in [3.8, 4) is 22.3 Å². The number of rotatable bonds is 2. The summed E-state index contributed by atoms with van der Waals surface area (Å²) in [6.45, 7) is 0. The van der Waals surface area contributed by atoms with Gasteiger partial charge in [0.05, 0.1) is 11.0 Å². The summed E-state index contributed by atoms with van der Waals surface area (Å²) in [5.74, 6) is 0. The van der Waals surface area contributed by atoms with Gasteiger partial charge in [-0.2, -0.15) is 0 Å². The summed E-state index contributed by atoms with van der Waals surface area (Å²) in [6.07, 6.45) is 3.68. The second-order valence-electron chi connectivity index (χ2n) is 9.45. The van der Waals surface area contributed by atoms with E-state index in [0.29, 0.717) is 0 Å². The Morgan fingerprint density at radius 3 is 1.81 bits per heavy atom. The average Bonchev–Trinajstić information content (AvgIpc) is 2.95. The largest absolute Gasteiger partial charge is 0.254 e. The first-order chi connectivity index (χ1) is 17.8. The second-order valence-corrected chi connectivity index (χ2v) is 9.45. The molecule has 0 saturated heterocycles. The molecule has 2 aromatic heterocycles. The fourth-order valence-corrected chi connectivity index (χ4v) is 5.83. The Hall–Kier alpha value is -4.82. The molecule has 0 aliphatic carbocycles. The molecule has 36 heavy (non-hydrogen) atoms. The highest BCUT2D eigenvalue weighted by Gasteiger charge is 2.13. The lowest BCUT2D eigenvalue weighted by Gasteiger charge is -2.15. The van der Waals surface area contributed by atoms with E-state index in [9.17, 15) is 0 Å². The lowest BCUT2D eigenvalue weighted by Crippen LogP contribution is -1.89. The summed E-state index contributed by atoms with van der Waals surface area (Å²) in [6, 6.07) is 39.5. The molecule has 0 saturated carbocycles. The van der Waals surface area contributed by atoms with Gasteiger partial charge in [-0.3, -0.25) is 9.97 Å². The maximum Gasteiger partial charge on any atom is 0.0970 e. The molecule has 8 aromatic rings. The summed E-state index contributed by atoms with van der Waals surface area (Å²) >= 11 is 0. The summed E-state index contributed by atoms with van der Waals surface area (Å²) in [5.41, 5.74) is 6.74. The van der Waals surface area contributed by atoms with E-state index >= 15 is 0 Å². The lowest BCUT2D eigenvalue weighted by atomic mass is 9.89. The second kappa shape index (κ2) is 7.34. The first-order valence-electron chi connectivity index (χ1n) is 12.2. The Morgan fingerprint density at radius 2 is 1.00 bits per heavy atom. The van der Waals surface area contributed by atoms with Gasteiger partial charge in [0.15, 0.2) is 0 Å². The summed E-state index contributed by atoms with van der Waals surface area (Å²) in [4.78, 5) is 9.27. The zero-order chi connectivity index (χ0) is 23.6. The SMILES string of the molecule is c1cnc2c(c1)cc(-c1ccc(-c3ccc4ccc5cccc6ccc3c4c56)cc1)c1cccnc12. The third kappa shape index (κ3) is 2.73. The molecule has 0 amide bonds. The van der Waals surface area contributed by atoms with Crippen LogP contribution in [0.3, 0.4) is 0 Å². The van der Waals surface area contributed by atoms with Crippen LogP contribution in [0.25, 0.3) is 76.4 Å². The molecular weight excluding hydrogens is 436 g/mol. The summed E-state index contributed by atoms with van der Waals surface area (Å²) < 4.78 is 0. The molecule has 0 unspecified atom stereocenters. The van der Waals surface area contributed by atoms with Gasteiger partial charge in [-0.25, -0.2) is 0 Å². The molecule has 8 rings (SSSR count). The fraction of sp³-hybridized carbons (Fsp3) is 0. The van der Waals surface area contributed by atoms with E-state index < -0.39 is 0 Å². The van der Waals surface area contributed by atoms with Crippen molar-refractivity contribution >= 4 is 54.1 Å². The van der Waals surface area contributed by atoms with Gasteiger partial charge in [0.1, 0.15) is 0 Å². The van der Waals surface area contributed by atoms with Gasteiger partial charge in [0.2, 0.25) is 0 Å². The molecule has 0 fully saturated rings. The average molecular weight is 457 g/mol. The number of fused-ring (bicyclic) bond motifs is 3. The van der Waals surface area contributed by atoms with E-state index in [1.54, 1.807) is 0 Å². The molecule has 0 N–H and O–H groups in total. The van der Waals surface area contributed by atoms with Crippen LogP contribution in [0, 0.1) is 0 Å². The van der Waals surface area contributed by atoms with Gasteiger partial charge >= 0.3 is 0 Å². The third-order valence-electron chi connectivity index (χ3n) is 7.50. The van der Waals surface area contributed by atoms with Crippen molar-refractivity contribution in [1.82, 2.24) is 9.97 Å². The van der Waals surface area contributed by atoms with Gasteiger partial charge in [-0.1, -0.05) is 91.0 Å². The highest BCUT2D eigenvalue weighted by Crippen LogP contribution is 2.40. The van der Waals surface area contributed by atoms with Crippen molar-refractivity contribution in [3.05, 3.63) is 122 Å². The Morgan fingerprint density at radius 1 is 0.389 bits per heavy atom. The zero-order valence-electron chi connectivity index (χ0n) is 19.4. The van der Waals surface area contributed by atoms with Crippen molar-refractivity contribution in [2.24, 2.45) is 0 Å². The minimum Gasteiger partial charge on any atom is -0.254 e. The molecule has 0 atom stereocenters. The van der Waals surface area contributed by atoms with E-state index in [-0.39, 0.29) is 0 Å². The van der Waals surface area contributed by atoms with Crippen LogP contribution >= 0.6 is 0 Å². The summed E-state index contributed by atoms with van der Waals surface area (Å²) in [7, 11) is 0. The Bertz CT molecular complexity index is 2070. The van der Waals surface area contributed by atoms with Gasteiger partial charge < -0.3 is 0 Å². The monoisotopic (exact) mass is 456 g/mol. The van der Waals surface area contributed by atoms with Crippen LogP contribution in [0.15, 0.2) is 122 Å². The van der Waals surface area contributed by atoms with E-state index in [1.807, 2.05) is 24.5 Å². The van der Waals surface area contributed by atoms with E-state index in [4.69, 9.17) is 0 Å². The van der Waals surface area contributed by atoms with Crippen molar-refractivity contribution < 1.29 is 0 Å². The van der Waals surface area contributed by atoms with Crippen molar-refractivity contribution in [2.45, 2.75) is 0 Å². The highest BCUT2D eigenvalue weighted by molar-refractivity contribution is 6.25. The van der Waals surface area contributed by atoms with Gasteiger partial charge in [-0.05, 0) is 72.8 Å². The van der Waals surface area contributed by atoms with E-state index in [2.05, 4.69) is 107 Å². The van der Waals surface area contributed by atoms with Crippen LogP contribution in [0.5, 0.6) is 0 Å². The van der Waals surface area contributed by atoms with Crippen molar-refractivity contribution in [1.29, 1.82) is 0 Å². The predicted molar refractivity (Wildman–Crippen MR) is 152 cm³/mol. The number of benzene rings is 6. The van der Waals surface area contributed by atoms with Crippen molar-refractivity contribution in [3.63, 3.8) is 0 Å².